The van der Waals surface area contributed by atoms with Crippen molar-refractivity contribution in [2.45, 2.75) is 17.7 Å². The lowest BCUT2D eigenvalue weighted by Crippen LogP contribution is -2.41. The topological polar surface area (TPSA) is 88.6 Å². The van der Waals surface area contributed by atoms with Crippen LogP contribution in [0.3, 0.4) is 0 Å². The van der Waals surface area contributed by atoms with E-state index in [0.717, 1.165) is 0 Å². The molecule has 2 heterocycles. The second-order valence-electron chi connectivity index (χ2n) is 6.54. The second-order valence-corrected chi connectivity index (χ2v) is 8.48. The second kappa shape index (κ2) is 8.99. The Balaban J connectivity index is 1.59. The van der Waals surface area contributed by atoms with Gasteiger partial charge in [0.2, 0.25) is 21.8 Å². The number of sulfonamides is 1. The molecule has 0 aliphatic carbocycles. The van der Waals surface area contributed by atoms with Gasteiger partial charge in [-0.3, -0.25) is 4.79 Å². The maximum Gasteiger partial charge on any atom is 0.243 e. The lowest BCUT2D eigenvalue weighted by atomic mass is 9.98. The number of nitrogens with zero attached hydrogens (tertiary/aromatic N) is 2. The normalized spacial score (nSPS) is 15.7. The highest BCUT2D eigenvalue weighted by Crippen LogP contribution is 2.26. The first-order valence-corrected chi connectivity index (χ1v) is 10.5. The van der Waals surface area contributed by atoms with E-state index in [1.165, 1.54) is 10.4 Å². The first kappa shape index (κ1) is 20.0. The number of piperidine rings is 1. The van der Waals surface area contributed by atoms with Gasteiger partial charge in [0.1, 0.15) is 5.75 Å². The Morgan fingerprint density at radius 2 is 1.93 bits per heavy atom. The number of carbonyl (C=O) groups is 1. The molecule has 0 atom stereocenters. The third-order valence-corrected chi connectivity index (χ3v) is 6.56. The number of hydrogen-bond acceptors (Lipinski definition) is 5. The molecule has 1 aromatic heterocycles. The van der Waals surface area contributed by atoms with Crippen LogP contribution in [0.25, 0.3) is 0 Å². The molecule has 0 unspecified atom stereocenters. The molecule has 1 N–H and O–H groups in total. The van der Waals surface area contributed by atoms with Crippen molar-refractivity contribution in [3.63, 3.8) is 0 Å². The average molecular weight is 401 g/mol. The van der Waals surface area contributed by atoms with E-state index in [-0.39, 0.29) is 16.7 Å². The van der Waals surface area contributed by atoms with Crippen molar-refractivity contribution in [1.82, 2.24) is 14.6 Å². The van der Waals surface area contributed by atoms with Gasteiger partial charge >= 0.3 is 0 Å². The Morgan fingerprint density at radius 3 is 2.54 bits per heavy atom. The van der Waals surface area contributed by atoms with Crippen molar-refractivity contribution in [2.75, 3.05) is 19.6 Å². The number of ether oxygens (including phenoxy) is 1. The van der Waals surface area contributed by atoms with E-state index in [4.69, 9.17) is 4.74 Å². The van der Waals surface area contributed by atoms with E-state index in [0.29, 0.717) is 44.1 Å². The first-order valence-electron chi connectivity index (χ1n) is 9.08. The summed E-state index contributed by atoms with van der Waals surface area (Å²) in [7, 11) is -3.55. The highest BCUT2D eigenvalue weighted by atomic mass is 32.2. The van der Waals surface area contributed by atoms with E-state index in [1.807, 2.05) is 6.07 Å². The van der Waals surface area contributed by atoms with E-state index >= 15 is 0 Å². The minimum absolute atomic E-state index is 0.205. The van der Waals surface area contributed by atoms with Crippen molar-refractivity contribution >= 4 is 15.9 Å². The standard InChI is InChI=1S/C20H23N3O4S/c1-2-19(24)22-15-16-10-13-23(14-11-16)28(25,26)18-8-6-17(7-9-18)27-20-5-3-4-12-21-20/h2-9,12,16H,1,10-11,13-15H2,(H,22,24). The molecule has 1 fully saturated rings. The number of amides is 1. The number of hydrogen-bond donors (Lipinski definition) is 1. The van der Waals surface area contributed by atoms with Crippen LogP contribution >= 0.6 is 0 Å². The maximum atomic E-state index is 12.9. The van der Waals surface area contributed by atoms with Crippen molar-refractivity contribution in [1.29, 1.82) is 0 Å². The van der Waals surface area contributed by atoms with Crippen LogP contribution in [-0.2, 0) is 14.8 Å². The molecule has 148 valence electrons. The fraction of sp³-hybridized carbons (Fsp3) is 0.300. The molecule has 3 rings (SSSR count). The summed E-state index contributed by atoms with van der Waals surface area (Å²) in [5.41, 5.74) is 0. The third-order valence-electron chi connectivity index (χ3n) is 4.65. The largest absolute Gasteiger partial charge is 0.439 e. The molecule has 0 spiro atoms. The zero-order valence-electron chi connectivity index (χ0n) is 15.5. The molecule has 1 saturated heterocycles. The van der Waals surface area contributed by atoms with Gasteiger partial charge in [-0.25, -0.2) is 13.4 Å². The Kier molecular flexibility index (Phi) is 6.43. The highest BCUT2D eigenvalue weighted by molar-refractivity contribution is 7.89. The molecule has 0 radical (unpaired) electrons. The molecule has 1 aliphatic rings. The number of carbonyl (C=O) groups excluding carboxylic acids is 1. The van der Waals surface area contributed by atoms with Gasteiger partial charge in [-0.05, 0) is 55.2 Å². The van der Waals surface area contributed by atoms with Crippen LogP contribution in [0.1, 0.15) is 12.8 Å². The van der Waals surface area contributed by atoms with Crippen LogP contribution in [0, 0.1) is 5.92 Å². The Labute approximate surface area is 165 Å². The minimum Gasteiger partial charge on any atom is -0.439 e. The fourth-order valence-corrected chi connectivity index (χ4v) is 4.50. The third kappa shape index (κ3) is 4.96. The van der Waals surface area contributed by atoms with Crippen LogP contribution in [0.2, 0.25) is 0 Å². The summed E-state index contributed by atoms with van der Waals surface area (Å²) >= 11 is 0. The number of benzene rings is 1. The van der Waals surface area contributed by atoms with Crippen LogP contribution in [-0.4, -0.2) is 43.2 Å². The molecule has 7 nitrogen and oxygen atoms in total. The van der Waals surface area contributed by atoms with Crippen LogP contribution in [0.5, 0.6) is 11.6 Å². The van der Waals surface area contributed by atoms with E-state index < -0.39 is 10.0 Å². The first-order chi connectivity index (χ1) is 13.5. The maximum absolute atomic E-state index is 12.9. The molecule has 8 heteroatoms. The van der Waals surface area contributed by atoms with E-state index in [9.17, 15) is 13.2 Å². The van der Waals surface area contributed by atoms with Crippen molar-refractivity contribution in [3.05, 3.63) is 61.3 Å². The van der Waals surface area contributed by atoms with Crippen molar-refractivity contribution in [2.24, 2.45) is 5.92 Å². The highest BCUT2D eigenvalue weighted by Gasteiger charge is 2.29. The molecule has 28 heavy (non-hydrogen) atoms. The predicted octanol–water partition coefficient (Wildman–Crippen LogP) is 2.58. The summed E-state index contributed by atoms with van der Waals surface area (Å²) in [6, 6.07) is 11.7. The van der Waals surface area contributed by atoms with Gasteiger partial charge in [0.15, 0.2) is 0 Å². The van der Waals surface area contributed by atoms with Gasteiger partial charge in [-0.15, -0.1) is 0 Å². The summed E-state index contributed by atoms with van der Waals surface area (Å²) in [6.07, 6.45) is 4.27. The minimum atomic E-state index is -3.55. The van der Waals surface area contributed by atoms with Gasteiger partial charge in [-0.1, -0.05) is 12.6 Å². The molecular formula is C20H23N3O4S. The summed E-state index contributed by atoms with van der Waals surface area (Å²) in [4.78, 5) is 15.6. The zero-order chi connectivity index (χ0) is 20.0. The monoisotopic (exact) mass is 401 g/mol. The number of nitrogens with one attached hydrogen (secondary N) is 1. The van der Waals surface area contributed by atoms with Gasteiger partial charge in [0.25, 0.3) is 0 Å². The predicted molar refractivity (Wildman–Crippen MR) is 105 cm³/mol. The summed E-state index contributed by atoms with van der Waals surface area (Å²) < 4.78 is 32.8. The van der Waals surface area contributed by atoms with Crippen LogP contribution < -0.4 is 10.1 Å². The molecular weight excluding hydrogens is 378 g/mol. The van der Waals surface area contributed by atoms with Crippen LogP contribution in [0.15, 0.2) is 66.2 Å². The average Bonchev–Trinajstić information content (AvgIpc) is 2.73. The molecule has 0 bridgehead atoms. The van der Waals surface area contributed by atoms with Crippen molar-refractivity contribution in [3.8, 4) is 11.6 Å². The lowest BCUT2D eigenvalue weighted by molar-refractivity contribution is -0.116. The smallest absolute Gasteiger partial charge is 0.243 e. The van der Waals surface area contributed by atoms with Gasteiger partial charge < -0.3 is 10.1 Å². The summed E-state index contributed by atoms with van der Waals surface area (Å²) in [6.45, 7) is 4.83. The summed E-state index contributed by atoms with van der Waals surface area (Å²) in [5.74, 6) is 1.03. The number of pyridine rings is 1. The molecule has 1 aromatic carbocycles. The van der Waals surface area contributed by atoms with Gasteiger partial charge in [-0.2, -0.15) is 4.31 Å². The SMILES string of the molecule is C=CC(=O)NCC1CCN(S(=O)(=O)c2ccc(Oc3ccccn3)cc2)CC1. The Morgan fingerprint density at radius 1 is 1.21 bits per heavy atom. The summed E-state index contributed by atoms with van der Waals surface area (Å²) in [5, 5.41) is 2.77. The van der Waals surface area contributed by atoms with E-state index in [1.54, 1.807) is 42.6 Å². The Hall–Kier alpha value is -2.71. The number of aromatic nitrogens is 1. The molecule has 0 saturated carbocycles. The molecule has 2 aromatic rings. The lowest BCUT2D eigenvalue weighted by Gasteiger charge is -2.31. The molecule has 1 aliphatic heterocycles. The number of rotatable bonds is 7. The zero-order valence-corrected chi connectivity index (χ0v) is 16.3. The van der Waals surface area contributed by atoms with Gasteiger partial charge in [0, 0.05) is 31.9 Å². The van der Waals surface area contributed by atoms with Crippen molar-refractivity contribution < 1.29 is 17.9 Å². The molecule has 1 amide bonds. The quantitative estimate of drug-likeness (QED) is 0.721. The Bertz CT molecular complexity index is 906. The van der Waals surface area contributed by atoms with E-state index in [2.05, 4.69) is 16.9 Å². The van der Waals surface area contributed by atoms with Crippen LogP contribution in [0.4, 0.5) is 0 Å². The fourth-order valence-electron chi connectivity index (χ4n) is 3.03. The van der Waals surface area contributed by atoms with Gasteiger partial charge in [0.05, 0.1) is 4.90 Å².